The topological polar surface area (TPSA) is 69.6 Å². The number of nitrogens with one attached hydrogen (secondary N) is 1. The lowest BCUT2D eigenvalue weighted by Gasteiger charge is -2.20. The number of nitrogens with zero attached hydrogens (tertiary/aromatic N) is 1. The second-order valence-electron chi connectivity index (χ2n) is 3.97. The zero-order valence-corrected chi connectivity index (χ0v) is 9.78. The summed E-state index contributed by atoms with van der Waals surface area (Å²) in [5.74, 6) is -0.920. The van der Waals surface area contributed by atoms with Crippen molar-refractivity contribution in [2.75, 3.05) is 13.6 Å². The van der Waals surface area contributed by atoms with E-state index < -0.39 is 12.0 Å². The van der Waals surface area contributed by atoms with Crippen LogP contribution in [-0.4, -0.2) is 47.6 Å². The molecule has 0 spiro atoms. The maximum absolute atomic E-state index is 11.3. The van der Waals surface area contributed by atoms with Crippen molar-refractivity contribution in [1.82, 2.24) is 10.2 Å². The third-order valence-corrected chi connectivity index (χ3v) is 2.16. The highest BCUT2D eigenvalue weighted by Crippen LogP contribution is 1.97. The van der Waals surface area contributed by atoms with E-state index in [0.717, 1.165) is 0 Å². The van der Waals surface area contributed by atoms with Crippen LogP contribution < -0.4 is 5.32 Å². The molecule has 5 nitrogen and oxygen atoms in total. The molecule has 1 unspecified atom stereocenters. The number of hydrogen-bond acceptors (Lipinski definition) is 3. The number of carboxylic acids is 1. The van der Waals surface area contributed by atoms with Crippen molar-refractivity contribution >= 4 is 11.9 Å². The Balaban J connectivity index is 3.85. The largest absolute Gasteiger partial charge is 0.480 e. The molecule has 0 saturated carbocycles. The van der Waals surface area contributed by atoms with Gasteiger partial charge >= 0.3 is 5.97 Å². The summed E-state index contributed by atoms with van der Waals surface area (Å²) in [5.41, 5.74) is 0. The summed E-state index contributed by atoms with van der Waals surface area (Å²) in [6, 6.07) is -0.434. The third-order valence-electron chi connectivity index (χ3n) is 2.16. The van der Waals surface area contributed by atoms with Crippen LogP contribution in [0, 0.1) is 0 Å². The van der Waals surface area contributed by atoms with Gasteiger partial charge in [0.25, 0.3) is 0 Å². The minimum Gasteiger partial charge on any atom is -0.480 e. The van der Waals surface area contributed by atoms with Gasteiger partial charge in [0.1, 0.15) is 6.04 Å². The fraction of sp³-hybridized carbons (Fsp3) is 0.800. The van der Waals surface area contributed by atoms with Crippen LogP contribution in [0.3, 0.4) is 0 Å². The van der Waals surface area contributed by atoms with Crippen LogP contribution >= 0.6 is 0 Å². The number of carbonyl (C=O) groups excluding carboxylic acids is 1. The number of amides is 1. The smallest absolute Gasteiger partial charge is 0.320 e. The zero-order chi connectivity index (χ0) is 12.0. The molecule has 1 amide bonds. The standard InChI is InChI=1S/C10H20N2O3/c1-7(2)11-9(13)5-6-12(4)8(3)10(14)15/h7-8H,5-6H2,1-4H3,(H,11,13)(H,14,15). The molecule has 5 heteroatoms. The van der Waals surface area contributed by atoms with Gasteiger partial charge in [0.05, 0.1) is 0 Å². The van der Waals surface area contributed by atoms with Crippen LogP contribution in [0.2, 0.25) is 0 Å². The summed E-state index contributed by atoms with van der Waals surface area (Å²) in [6.45, 7) is 5.83. The van der Waals surface area contributed by atoms with Gasteiger partial charge in [0.15, 0.2) is 0 Å². The monoisotopic (exact) mass is 216 g/mol. The number of aliphatic carboxylic acids is 1. The van der Waals surface area contributed by atoms with Gasteiger partial charge in [-0.25, -0.2) is 0 Å². The SMILES string of the molecule is CC(C)NC(=O)CCN(C)C(C)C(=O)O. The van der Waals surface area contributed by atoms with Crippen LogP contribution in [0.5, 0.6) is 0 Å². The minimum absolute atomic E-state index is 0.0468. The molecule has 0 radical (unpaired) electrons. The molecule has 0 aromatic heterocycles. The second-order valence-corrected chi connectivity index (χ2v) is 3.97. The average molecular weight is 216 g/mol. The number of likely N-dealkylation sites (N-methyl/N-ethyl adjacent to an activating group) is 1. The normalized spacial score (nSPS) is 12.9. The lowest BCUT2D eigenvalue weighted by molar-refractivity contribution is -0.142. The lowest BCUT2D eigenvalue weighted by Crippen LogP contribution is -2.39. The van der Waals surface area contributed by atoms with Crippen molar-refractivity contribution in [3.8, 4) is 0 Å². The molecule has 88 valence electrons. The lowest BCUT2D eigenvalue weighted by atomic mass is 10.2. The fourth-order valence-electron chi connectivity index (χ4n) is 1.05. The van der Waals surface area contributed by atoms with Crippen LogP contribution in [0.4, 0.5) is 0 Å². The van der Waals surface area contributed by atoms with Gasteiger partial charge in [-0.05, 0) is 27.8 Å². The van der Waals surface area contributed by atoms with Crippen LogP contribution in [0.1, 0.15) is 27.2 Å². The first-order chi connectivity index (χ1) is 6.84. The molecular formula is C10H20N2O3. The van der Waals surface area contributed by atoms with Gasteiger partial charge in [-0.2, -0.15) is 0 Å². The average Bonchev–Trinajstić information content (AvgIpc) is 2.11. The molecule has 0 aliphatic heterocycles. The van der Waals surface area contributed by atoms with E-state index in [-0.39, 0.29) is 11.9 Å². The molecule has 0 aliphatic carbocycles. The molecule has 0 heterocycles. The minimum atomic E-state index is -0.873. The van der Waals surface area contributed by atoms with E-state index in [1.807, 2.05) is 13.8 Å². The van der Waals surface area contributed by atoms with Crippen molar-refractivity contribution in [1.29, 1.82) is 0 Å². The van der Waals surface area contributed by atoms with Crippen LogP contribution in [0.15, 0.2) is 0 Å². The van der Waals surface area contributed by atoms with E-state index in [0.29, 0.717) is 13.0 Å². The molecule has 0 rings (SSSR count). The predicted octanol–water partition coefficient (Wildman–Crippen LogP) is 0.306. The summed E-state index contributed by atoms with van der Waals surface area (Å²) in [4.78, 5) is 23.5. The Bertz CT molecular complexity index is 229. The Morgan fingerprint density at radius 1 is 1.33 bits per heavy atom. The molecule has 0 fully saturated rings. The van der Waals surface area contributed by atoms with E-state index in [2.05, 4.69) is 5.32 Å². The molecule has 0 saturated heterocycles. The summed E-state index contributed by atoms with van der Waals surface area (Å²) < 4.78 is 0. The Hall–Kier alpha value is -1.10. The highest BCUT2D eigenvalue weighted by molar-refractivity contribution is 5.76. The third kappa shape index (κ3) is 6.06. The first kappa shape index (κ1) is 13.9. The highest BCUT2D eigenvalue weighted by Gasteiger charge is 2.17. The van der Waals surface area contributed by atoms with Crippen LogP contribution in [-0.2, 0) is 9.59 Å². The molecule has 0 aromatic carbocycles. The first-order valence-corrected chi connectivity index (χ1v) is 5.07. The first-order valence-electron chi connectivity index (χ1n) is 5.07. The number of hydrogen-bond donors (Lipinski definition) is 2. The van der Waals surface area contributed by atoms with Gasteiger partial charge in [0.2, 0.25) is 5.91 Å². The van der Waals surface area contributed by atoms with E-state index >= 15 is 0 Å². The molecule has 0 bridgehead atoms. The summed E-state index contributed by atoms with van der Waals surface area (Å²) in [5, 5.41) is 11.5. The zero-order valence-electron chi connectivity index (χ0n) is 9.78. The second kappa shape index (κ2) is 6.40. The van der Waals surface area contributed by atoms with Gasteiger partial charge in [-0.1, -0.05) is 0 Å². The Kier molecular flexibility index (Phi) is 5.93. The highest BCUT2D eigenvalue weighted by atomic mass is 16.4. The van der Waals surface area contributed by atoms with Crippen molar-refractivity contribution in [2.24, 2.45) is 0 Å². The molecule has 0 aliphatic rings. The van der Waals surface area contributed by atoms with E-state index in [9.17, 15) is 9.59 Å². The van der Waals surface area contributed by atoms with Gasteiger partial charge in [0, 0.05) is 19.0 Å². The number of rotatable bonds is 6. The molecule has 2 N–H and O–H groups in total. The van der Waals surface area contributed by atoms with Crippen molar-refractivity contribution in [3.05, 3.63) is 0 Å². The Morgan fingerprint density at radius 3 is 2.27 bits per heavy atom. The van der Waals surface area contributed by atoms with E-state index in [1.165, 1.54) is 0 Å². The van der Waals surface area contributed by atoms with E-state index in [1.54, 1.807) is 18.9 Å². The van der Waals surface area contributed by atoms with Crippen LogP contribution in [0.25, 0.3) is 0 Å². The van der Waals surface area contributed by atoms with Crippen molar-refractivity contribution in [2.45, 2.75) is 39.3 Å². The molecule has 15 heavy (non-hydrogen) atoms. The fourth-order valence-corrected chi connectivity index (χ4v) is 1.05. The maximum atomic E-state index is 11.3. The quantitative estimate of drug-likeness (QED) is 0.670. The Labute approximate surface area is 90.5 Å². The summed E-state index contributed by atoms with van der Waals surface area (Å²) >= 11 is 0. The van der Waals surface area contributed by atoms with Gasteiger partial charge < -0.3 is 10.4 Å². The van der Waals surface area contributed by atoms with E-state index in [4.69, 9.17) is 5.11 Å². The van der Waals surface area contributed by atoms with Gasteiger partial charge in [-0.15, -0.1) is 0 Å². The predicted molar refractivity (Wildman–Crippen MR) is 57.6 cm³/mol. The summed E-state index contributed by atoms with van der Waals surface area (Å²) in [7, 11) is 1.70. The van der Waals surface area contributed by atoms with Crippen molar-refractivity contribution in [3.63, 3.8) is 0 Å². The number of carbonyl (C=O) groups is 2. The molecule has 1 atom stereocenters. The number of carboxylic acid groups (broad SMARTS) is 1. The Morgan fingerprint density at radius 2 is 1.87 bits per heavy atom. The van der Waals surface area contributed by atoms with Crippen molar-refractivity contribution < 1.29 is 14.7 Å². The molecular weight excluding hydrogens is 196 g/mol. The summed E-state index contributed by atoms with van der Waals surface area (Å²) in [6.07, 6.45) is 0.326. The van der Waals surface area contributed by atoms with Gasteiger partial charge in [-0.3, -0.25) is 14.5 Å². The molecule has 0 aromatic rings. The maximum Gasteiger partial charge on any atom is 0.320 e.